The third-order valence-electron chi connectivity index (χ3n) is 3.31. The number of rotatable bonds is 2. The van der Waals surface area contributed by atoms with Crippen LogP contribution in [0, 0.1) is 0 Å². The van der Waals surface area contributed by atoms with Crippen LogP contribution in [0.1, 0.15) is 26.3 Å². The molecule has 1 aliphatic rings. The zero-order valence-corrected chi connectivity index (χ0v) is 10.0. The van der Waals surface area contributed by atoms with Gasteiger partial charge in [-0.05, 0) is 30.7 Å². The first-order valence-electron chi connectivity index (χ1n) is 5.57. The number of benzene rings is 1. The minimum Gasteiger partial charge on any atom is -0.399 e. The van der Waals surface area contributed by atoms with Gasteiger partial charge in [0.1, 0.15) is 6.29 Å². The first-order valence-corrected chi connectivity index (χ1v) is 5.57. The van der Waals surface area contributed by atoms with Crippen LogP contribution in [-0.2, 0) is 10.2 Å². The number of hydrogen-bond acceptors (Lipinski definition) is 3. The predicted molar refractivity (Wildman–Crippen MR) is 66.8 cm³/mol. The molecule has 0 saturated heterocycles. The summed E-state index contributed by atoms with van der Waals surface area (Å²) in [5, 5.41) is 0. The fraction of sp³-hybridized carbons (Fsp3) is 0.462. The van der Waals surface area contributed by atoms with Crippen molar-refractivity contribution in [3.05, 3.63) is 23.8 Å². The first-order chi connectivity index (χ1) is 7.45. The van der Waals surface area contributed by atoms with E-state index in [0.717, 1.165) is 24.2 Å². The fourth-order valence-corrected chi connectivity index (χ4v) is 2.38. The Morgan fingerprint density at radius 3 is 2.81 bits per heavy atom. The average molecular weight is 218 g/mol. The maximum absolute atomic E-state index is 10.9. The third-order valence-corrected chi connectivity index (χ3v) is 3.31. The Bertz CT molecular complexity index is 426. The summed E-state index contributed by atoms with van der Waals surface area (Å²) in [4.78, 5) is 13.1. The van der Waals surface area contributed by atoms with Crippen molar-refractivity contribution in [2.75, 3.05) is 17.2 Å². The number of hydrogen-bond donors (Lipinski definition) is 1. The van der Waals surface area contributed by atoms with E-state index in [1.54, 1.807) is 0 Å². The zero-order valence-electron chi connectivity index (χ0n) is 10.0. The van der Waals surface area contributed by atoms with E-state index in [4.69, 9.17) is 5.73 Å². The van der Waals surface area contributed by atoms with Crippen molar-refractivity contribution < 1.29 is 4.79 Å². The molecule has 0 radical (unpaired) electrons. The largest absolute Gasteiger partial charge is 0.399 e. The van der Waals surface area contributed by atoms with Gasteiger partial charge in [-0.25, -0.2) is 0 Å². The van der Waals surface area contributed by atoms with E-state index in [1.165, 1.54) is 5.56 Å². The molecule has 0 aliphatic carbocycles. The van der Waals surface area contributed by atoms with Crippen molar-refractivity contribution >= 4 is 17.7 Å². The number of anilines is 2. The highest BCUT2D eigenvalue weighted by atomic mass is 16.1. The molecule has 86 valence electrons. The summed E-state index contributed by atoms with van der Waals surface area (Å²) >= 11 is 0. The summed E-state index contributed by atoms with van der Waals surface area (Å²) in [6.07, 6.45) is 0.988. The number of nitrogens with two attached hydrogens (primary N) is 1. The van der Waals surface area contributed by atoms with Crippen LogP contribution in [0.4, 0.5) is 11.4 Å². The molecule has 0 fully saturated rings. The highest BCUT2D eigenvalue weighted by Gasteiger charge is 2.36. The molecular formula is C13H18N2O. The fourth-order valence-electron chi connectivity index (χ4n) is 2.38. The number of aldehydes is 1. The van der Waals surface area contributed by atoms with Gasteiger partial charge in [-0.1, -0.05) is 13.8 Å². The van der Waals surface area contributed by atoms with E-state index in [2.05, 4.69) is 18.7 Å². The molecule has 1 aromatic carbocycles. The van der Waals surface area contributed by atoms with E-state index >= 15 is 0 Å². The first kappa shape index (κ1) is 11.0. The number of nitrogens with zero attached hydrogens (tertiary/aromatic N) is 1. The molecule has 1 atom stereocenters. The Hall–Kier alpha value is -1.51. The van der Waals surface area contributed by atoms with Gasteiger partial charge < -0.3 is 15.4 Å². The van der Waals surface area contributed by atoms with Gasteiger partial charge in [0.25, 0.3) is 0 Å². The molecule has 3 nitrogen and oxygen atoms in total. The van der Waals surface area contributed by atoms with Crippen molar-refractivity contribution in [2.24, 2.45) is 0 Å². The van der Waals surface area contributed by atoms with Crippen LogP contribution in [-0.4, -0.2) is 18.9 Å². The van der Waals surface area contributed by atoms with E-state index in [0.29, 0.717) is 0 Å². The van der Waals surface area contributed by atoms with E-state index in [9.17, 15) is 4.79 Å². The predicted octanol–water partition coefficient (Wildman–Crippen LogP) is 1.95. The van der Waals surface area contributed by atoms with Crippen LogP contribution in [0.5, 0.6) is 0 Å². The number of carbonyl (C=O) groups is 1. The topological polar surface area (TPSA) is 46.3 Å². The second kappa shape index (κ2) is 3.51. The number of nitrogen functional groups attached to an aromatic ring is 1. The van der Waals surface area contributed by atoms with E-state index in [1.807, 2.05) is 25.1 Å². The summed E-state index contributed by atoms with van der Waals surface area (Å²) in [5.74, 6) is 0. The Balaban J connectivity index is 2.50. The third kappa shape index (κ3) is 1.56. The van der Waals surface area contributed by atoms with Gasteiger partial charge in [-0.3, -0.25) is 0 Å². The van der Waals surface area contributed by atoms with Crippen LogP contribution in [0.3, 0.4) is 0 Å². The maximum Gasteiger partial charge on any atom is 0.142 e. The number of carbonyl (C=O) groups excluding carboxylic acids is 1. The average Bonchev–Trinajstić information content (AvgIpc) is 2.50. The molecule has 0 aromatic heterocycles. The lowest BCUT2D eigenvalue weighted by Gasteiger charge is -2.25. The molecule has 16 heavy (non-hydrogen) atoms. The number of fused-ring (bicyclic) bond motifs is 1. The lowest BCUT2D eigenvalue weighted by Crippen LogP contribution is -2.36. The smallest absolute Gasteiger partial charge is 0.142 e. The highest BCUT2D eigenvalue weighted by molar-refractivity contribution is 5.73. The summed E-state index contributed by atoms with van der Waals surface area (Å²) in [7, 11) is 0. The SMILES string of the molecule is CC(C=O)N1CC(C)(C)c2cc(N)ccc21. The summed E-state index contributed by atoms with van der Waals surface area (Å²) in [6.45, 7) is 7.16. The van der Waals surface area contributed by atoms with E-state index in [-0.39, 0.29) is 11.5 Å². The van der Waals surface area contributed by atoms with Gasteiger partial charge in [0, 0.05) is 23.3 Å². The lowest BCUT2D eigenvalue weighted by molar-refractivity contribution is -0.108. The van der Waals surface area contributed by atoms with Gasteiger partial charge in [0.2, 0.25) is 0 Å². The van der Waals surface area contributed by atoms with Crippen LogP contribution in [0.2, 0.25) is 0 Å². The zero-order chi connectivity index (χ0) is 11.9. The van der Waals surface area contributed by atoms with Crippen molar-refractivity contribution in [3.8, 4) is 0 Å². The quantitative estimate of drug-likeness (QED) is 0.609. The second-order valence-corrected chi connectivity index (χ2v) is 5.17. The Labute approximate surface area is 96.2 Å². The molecule has 0 bridgehead atoms. The minimum absolute atomic E-state index is 0.0575. The van der Waals surface area contributed by atoms with Crippen molar-refractivity contribution in [3.63, 3.8) is 0 Å². The Morgan fingerprint density at radius 2 is 2.19 bits per heavy atom. The molecule has 1 aromatic rings. The highest BCUT2D eigenvalue weighted by Crippen LogP contribution is 2.41. The van der Waals surface area contributed by atoms with E-state index < -0.39 is 0 Å². The molecule has 2 rings (SSSR count). The van der Waals surface area contributed by atoms with Crippen LogP contribution < -0.4 is 10.6 Å². The summed E-state index contributed by atoms with van der Waals surface area (Å²) in [6, 6.07) is 5.85. The Kier molecular flexibility index (Phi) is 2.41. The molecule has 3 heteroatoms. The standard InChI is InChI=1S/C13H18N2O/c1-9(7-16)15-8-13(2,3)11-6-10(14)4-5-12(11)15/h4-7,9H,8,14H2,1-3H3. The second-order valence-electron chi connectivity index (χ2n) is 5.17. The summed E-state index contributed by atoms with van der Waals surface area (Å²) in [5.41, 5.74) is 9.04. The van der Waals surface area contributed by atoms with Gasteiger partial charge in [-0.2, -0.15) is 0 Å². The van der Waals surface area contributed by atoms with Crippen LogP contribution >= 0.6 is 0 Å². The van der Waals surface area contributed by atoms with Gasteiger partial charge in [0.15, 0.2) is 0 Å². The van der Waals surface area contributed by atoms with Gasteiger partial charge in [0.05, 0.1) is 6.04 Å². The molecule has 0 saturated carbocycles. The minimum atomic E-state index is -0.0795. The molecule has 1 heterocycles. The van der Waals surface area contributed by atoms with Gasteiger partial charge >= 0.3 is 0 Å². The maximum atomic E-state index is 10.9. The lowest BCUT2D eigenvalue weighted by atomic mass is 9.87. The molecule has 0 amide bonds. The van der Waals surface area contributed by atoms with Crippen LogP contribution in [0.25, 0.3) is 0 Å². The molecule has 1 unspecified atom stereocenters. The van der Waals surface area contributed by atoms with Crippen LogP contribution in [0.15, 0.2) is 18.2 Å². The Morgan fingerprint density at radius 1 is 1.50 bits per heavy atom. The molecule has 1 aliphatic heterocycles. The van der Waals surface area contributed by atoms with Gasteiger partial charge in [-0.15, -0.1) is 0 Å². The van der Waals surface area contributed by atoms with Crippen molar-refractivity contribution in [2.45, 2.75) is 32.2 Å². The monoisotopic (exact) mass is 218 g/mol. The molecule has 2 N–H and O–H groups in total. The molecular weight excluding hydrogens is 200 g/mol. The molecule has 0 spiro atoms. The summed E-state index contributed by atoms with van der Waals surface area (Å²) < 4.78 is 0. The van der Waals surface area contributed by atoms with Crippen molar-refractivity contribution in [1.82, 2.24) is 0 Å². The normalized spacial score (nSPS) is 19.3. The van der Waals surface area contributed by atoms with Crippen molar-refractivity contribution in [1.29, 1.82) is 0 Å².